The maximum atomic E-state index is 9.44. The fourth-order valence-corrected chi connectivity index (χ4v) is 2.33. The monoisotopic (exact) mass is 242 g/mol. The highest BCUT2D eigenvalue weighted by atomic mass is 32.1. The molecule has 0 fully saturated rings. The molecule has 0 aliphatic heterocycles. The molecule has 16 heavy (non-hydrogen) atoms. The third kappa shape index (κ3) is 4.20. The van der Waals surface area contributed by atoms with Crippen LogP contribution in [0.25, 0.3) is 0 Å². The Kier molecular flexibility index (Phi) is 5.38. The van der Waals surface area contributed by atoms with Crippen LogP contribution in [0.5, 0.6) is 0 Å². The second-order valence-electron chi connectivity index (χ2n) is 4.46. The first kappa shape index (κ1) is 13.6. The van der Waals surface area contributed by atoms with Gasteiger partial charge in [0.1, 0.15) is 0 Å². The first-order valence-electron chi connectivity index (χ1n) is 5.88. The van der Waals surface area contributed by atoms with Crippen LogP contribution in [0.2, 0.25) is 0 Å². The van der Waals surface area contributed by atoms with E-state index in [4.69, 9.17) is 0 Å². The molecule has 0 saturated carbocycles. The summed E-state index contributed by atoms with van der Waals surface area (Å²) in [6.45, 7) is 9.78. The molecule has 1 aromatic heterocycles. The molecule has 1 atom stereocenters. The second-order valence-corrected chi connectivity index (χ2v) is 5.40. The minimum Gasteiger partial charge on any atom is -0.392 e. The number of aryl methyl sites for hydroxylation is 1. The molecule has 0 aromatic carbocycles. The van der Waals surface area contributed by atoms with E-state index in [9.17, 15) is 5.11 Å². The minimum absolute atomic E-state index is 0.285. The average molecular weight is 242 g/mol. The van der Waals surface area contributed by atoms with E-state index in [0.29, 0.717) is 12.6 Å². The zero-order valence-electron chi connectivity index (χ0n) is 10.6. The lowest BCUT2D eigenvalue weighted by Crippen LogP contribution is -2.36. The van der Waals surface area contributed by atoms with Gasteiger partial charge in [-0.05, 0) is 27.2 Å². The molecule has 1 aromatic rings. The quantitative estimate of drug-likeness (QED) is 0.831. The highest BCUT2D eigenvalue weighted by molar-refractivity contribution is 7.09. The summed E-state index contributed by atoms with van der Waals surface area (Å²) < 4.78 is 0. The number of aromatic nitrogens is 1. The molecule has 92 valence electrons. The lowest BCUT2D eigenvalue weighted by Gasteiger charge is -2.26. The second kappa shape index (κ2) is 6.33. The van der Waals surface area contributed by atoms with E-state index >= 15 is 0 Å². The average Bonchev–Trinajstić information content (AvgIpc) is 2.63. The first-order chi connectivity index (χ1) is 7.52. The van der Waals surface area contributed by atoms with E-state index in [1.165, 1.54) is 5.01 Å². The van der Waals surface area contributed by atoms with Crippen molar-refractivity contribution in [1.29, 1.82) is 0 Å². The van der Waals surface area contributed by atoms with Gasteiger partial charge in [0, 0.05) is 24.5 Å². The molecule has 0 radical (unpaired) electrons. The van der Waals surface area contributed by atoms with Gasteiger partial charge < -0.3 is 5.11 Å². The smallest absolute Gasteiger partial charge is 0.0926 e. The molecule has 1 N–H and O–H groups in total. The summed E-state index contributed by atoms with van der Waals surface area (Å²) in [7, 11) is 0. The Bertz CT molecular complexity index is 310. The van der Waals surface area contributed by atoms with Crippen LogP contribution in [0.4, 0.5) is 0 Å². The first-order valence-corrected chi connectivity index (χ1v) is 6.76. The number of aliphatic hydroxyl groups is 1. The molecule has 1 unspecified atom stereocenters. The van der Waals surface area contributed by atoms with Gasteiger partial charge in [-0.2, -0.15) is 0 Å². The summed E-state index contributed by atoms with van der Waals surface area (Å²) in [5.41, 5.74) is 1.12. The molecule has 0 amide bonds. The summed E-state index contributed by atoms with van der Waals surface area (Å²) in [6.07, 6.45) is 0.717. The van der Waals surface area contributed by atoms with Crippen molar-refractivity contribution in [3.63, 3.8) is 0 Å². The number of hydrogen-bond acceptors (Lipinski definition) is 4. The zero-order chi connectivity index (χ0) is 12.1. The van der Waals surface area contributed by atoms with Crippen LogP contribution >= 0.6 is 11.3 Å². The SMILES string of the molecule is CCc1nc(CN(CC(C)O)C(C)C)cs1. The number of nitrogens with zero attached hydrogens (tertiary/aromatic N) is 2. The van der Waals surface area contributed by atoms with Crippen molar-refractivity contribution in [2.45, 2.75) is 52.8 Å². The molecule has 0 aliphatic carbocycles. The van der Waals surface area contributed by atoms with Gasteiger partial charge in [0.15, 0.2) is 0 Å². The predicted octanol–water partition coefficient (Wildman–Crippen LogP) is 2.30. The maximum Gasteiger partial charge on any atom is 0.0926 e. The van der Waals surface area contributed by atoms with Gasteiger partial charge in [-0.3, -0.25) is 4.90 Å². The van der Waals surface area contributed by atoms with Crippen molar-refractivity contribution in [1.82, 2.24) is 9.88 Å². The summed E-state index contributed by atoms with van der Waals surface area (Å²) in [4.78, 5) is 6.80. The van der Waals surface area contributed by atoms with Crippen LogP contribution in [0, 0.1) is 0 Å². The highest BCUT2D eigenvalue weighted by Crippen LogP contribution is 2.14. The summed E-state index contributed by atoms with van der Waals surface area (Å²) in [5, 5.41) is 12.8. The molecule has 1 heterocycles. The van der Waals surface area contributed by atoms with Crippen molar-refractivity contribution in [3.05, 3.63) is 16.1 Å². The van der Waals surface area contributed by atoms with Gasteiger partial charge in [-0.15, -0.1) is 11.3 Å². The van der Waals surface area contributed by atoms with Crippen molar-refractivity contribution < 1.29 is 5.11 Å². The molecular formula is C12H22N2OS. The van der Waals surface area contributed by atoms with Gasteiger partial charge in [0.2, 0.25) is 0 Å². The predicted molar refractivity (Wildman–Crippen MR) is 68.7 cm³/mol. The molecule has 0 spiro atoms. The van der Waals surface area contributed by atoms with Crippen LogP contribution in [0.15, 0.2) is 5.38 Å². The largest absolute Gasteiger partial charge is 0.392 e. The van der Waals surface area contributed by atoms with Crippen LogP contribution in [0.3, 0.4) is 0 Å². The summed E-state index contributed by atoms with van der Waals surface area (Å²) in [5.74, 6) is 0. The van der Waals surface area contributed by atoms with Gasteiger partial charge in [0.05, 0.1) is 16.8 Å². The van der Waals surface area contributed by atoms with E-state index in [1.807, 2.05) is 6.92 Å². The lowest BCUT2D eigenvalue weighted by atomic mass is 10.2. The Morgan fingerprint density at radius 3 is 2.56 bits per heavy atom. The van der Waals surface area contributed by atoms with Crippen molar-refractivity contribution >= 4 is 11.3 Å². The Morgan fingerprint density at radius 1 is 1.44 bits per heavy atom. The molecule has 4 heteroatoms. The molecule has 1 rings (SSSR count). The number of thiazole rings is 1. The normalized spacial score (nSPS) is 13.7. The number of aliphatic hydroxyl groups excluding tert-OH is 1. The molecular weight excluding hydrogens is 220 g/mol. The minimum atomic E-state index is -0.285. The number of hydrogen-bond donors (Lipinski definition) is 1. The highest BCUT2D eigenvalue weighted by Gasteiger charge is 2.14. The maximum absolute atomic E-state index is 9.44. The number of rotatable bonds is 6. The van der Waals surface area contributed by atoms with Crippen molar-refractivity contribution in [2.24, 2.45) is 0 Å². The molecule has 0 saturated heterocycles. The molecule has 0 bridgehead atoms. The van der Waals surface area contributed by atoms with E-state index < -0.39 is 0 Å². The van der Waals surface area contributed by atoms with Gasteiger partial charge in [0.25, 0.3) is 0 Å². The van der Waals surface area contributed by atoms with Crippen LogP contribution in [-0.4, -0.2) is 33.7 Å². The Hall–Kier alpha value is -0.450. The van der Waals surface area contributed by atoms with E-state index in [0.717, 1.165) is 18.7 Å². The Balaban J connectivity index is 2.60. The third-order valence-corrected chi connectivity index (χ3v) is 3.54. The molecule has 3 nitrogen and oxygen atoms in total. The summed E-state index contributed by atoms with van der Waals surface area (Å²) in [6, 6.07) is 0.432. The Morgan fingerprint density at radius 2 is 2.12 bits per heavy atom. The van der Waals surface area contributed by atoms with E-state index in [-0.39, 0.29) is 6.10 Å². The van der Waals surface area contributed by atoms with Crippen molar-refractivity contribution in [3.8, 4) is 0 Å². The molecule has 0 aliphatic rings. The third-order valence-electron chi connectivity index (χ3n) is 2.50. The van der Waals surface area contributed by atoms with Gasteiger partial charge in [-0.1, -0.05) is 6.92 Å². The van der Waals surface area contributed by atoms with E-state index in [2.05, 4.69) is 36.0 Å². The van der Waals surface area contributed by atoms with Crippen LogP contribution in [0.1, 0.15) is 38.4 Å². The Labute approximate surface area is 102 Å². The standard InChI is InChI=1S/C12H22N2OS/c1-5-12-13-11(8-16-12)7-14(9(2)3)6-10(4)15/h8-10,15H,5-7H2,1-4H3. The fraction of sp³-hybridized carbons (Fsp3) is 0.750. The van der Waals surface area contributed by atoms with Gasteiger partial charge >= 0.3 is 0 Å². The zero-order valence-corrected chi connectivity index (χ0v) is 11.4. The van der Waals surface area contributed by atoms with E-state index in [1.54, 1.807) is 11.3 Å². The fourth-order valence-electron chi connectivity index (χ4n) is 1.59. The van der Waals surface area contributed by atoms with Crippen LogP contribution in [-0.2, 0) is 13.0 Å². The lowest BCUT2D eigenvalue weighted by molar-refractivity contribution is 0.102. The summed E-state index contributed by atoms with van der Waals surface area (Å²) >= 11 is 1.72. The topological polar surface area (TPSA) is 36.4 Å². The van der Waals surface area contributed by atoms with Gasteiger partial charge in [-0.25, -0.2) is 4.98 Å². The van der Waals surface area contributed by atoms with Crippen LogP contribution < -0.4 is 0 Å². The van der Waals surface area contributed by atoms with Crippen molar-refractivity contribution in [2.75, 3.05) is 6.54 Å².